The highest BCUT2D eigenvalue weighted by Gasteiger charge is 2.30. The molecule has 1 aliphatic rings. The molecule has 1 N–H and O–H groups in total. The van der Waals surface area contributed by atoms with Crippen LogP contribution >= 0.6 is 11.3 Å². The number of rotatable bonds is 3. The topological polar surface area (TPSA) is 58.2 Å². The molecule has 0 bridgehead atoms. The van der Waals surface area contributed by atoms with Gasteiger partial charge in [0.25, 0.3) is 5.91 Å². The third-order valence-corrected chi connectivity index (χ3v) is 5.25. The van der Waals surface area contributed by atoms with Gasteiger partial charge in [0.2, 0.25) is 0 Å². The van der Waals surface area contributed by atoms with E-state index >= 15 is 0 Å². The van der Waals surface area contributed by atoms with Gasteiger partial charge in [-0.15, -0.1) is 11.3 Å². The fourth-order valence-corrected chi connectivity index (χ4v) is 3.82. The maximum Gasteiger partial charge on any atom is 0.255 e. The molecule has 1 aliphatic heterocycles. The Hall–Kier alpha value is -2.51. The molecule has 25 heavy (non-hydrogen) atoms. The Morgan fingerprint density at radius 1 is 1.36 bits per heavy atom. The first kappa shape index (κ1) is 16.0. The number of ether oxygens (including phenoxy) is 1. The first-order chi connectivity index (χ1) is 12.2. The van der Waals surface area contributed by atoms with Crippen LogP contribution in [0.4, 0.5) is 4.39 Å². The van der Waals surface area contributed by atoms with Gasteiger partial charge in [0.05, 0.1) is 31.0 Å². The Bertz CT molecular complexity index is 861. The van der Waals surface area contributed by atoms with E-state index in [0.29, 0.717) is 25.3 Å². The molecule has 1 aromatic carbocycles. The van der Waals surface area contributed by atoms with Crippen molar-refractivity contribution in [1.82, 2.24) is 15.1 Å². The second-order valence-corrected chi connectivity index (χ2v) is 6.74. The Morgan fingerprint density at radius 2 is 2.20 bits per heavy atom. The van der Waals surface area contributed by atoms with Crippen LogP contribution in [-0.4, -0.2) is 40.8 Å². The Morgan fingerprint density at radius 3 is 2.96 bits per heavy atom. The quantitative estimate of drug-likeness (QED) is 0.781. The lowest BCUT2D eigenvalue weighted by molar-refractivity contribution is -0.00267. The Balaban J connectivity index is 1.60. The molecule has 1 saturated heterocycles. The molecule has 1 atom stereocenters. The van der Waals surface area contributed by atoms with E-state index in [2.05, 4.69) is 10.2 Å². The van der Waals surface area contributed by atoms with Crippen molar-refractivity contribution in [3.63, 3.8) is 0 Å². The molecule has 1 fully saturated rings. The van der Waals surface area contributed by atoms with Gasteiger partial charge in [0, 0.05) is 28.6 Å². The summed E-state index contributed by atoms with van der Waals surface area (Å²) in [5.41, 5.74) is 2.48. The number of hydrogen-bond acceptors (Lipinski definition) is 4. The summed E-state index contributed by atoms with van der Waals surface area (Å²) in [6.07, 6.45) is 3.53. The molecule has 0 spiro atoms. The maximum atomic E-state index is 13.2. The van der Waals surface area contributed by atoms with Crippen LogP contribution in [0, 0.1) is 5.82 Å². The van der Waals surface area contributed by atoms with E-state index in [-0.39, 0.29) is 17.8 Å². The summed E-state index contributed by atoms with van der Waals surface area (Å²) in [5.74, 6) is -0.329. The molecule has 128 valence electrons. The molecule has 3 aromatic rings. The number of thiophene rings is 1. The predicted molar refractivity (Wildman–Crippen MR) is 92.9 cm³/mol. The van der Waals surface area contributed by atoms with Crippen molar-refractivity contribution in [2.75, 3.05) is 19.8 Å². The number of amides is 1. The van der Waals surface area contributed by atoms with Gasteiger partial charge in [-0.25, -0.2) is 4.39 Å². The lowest BCUT2D eigenvalue weighted by atomic mass is 10.0. The standard InChI is InChI=1S/C18H16FN3O2S/c19-15-3-1-12(2-4-15)16-10-24-6-5-22(16)18(23)13-7-17(25-11-13)14-8-20-21-9-14/h1-4,7-9,11,16H,5-6,10H2,(H,20,21). The molecule has 2 aromatic heterocycles. The lowest BCUT2D eigenvalue weighted by Crippen LogP contribution is -2.43. The highest BCUT2D eigenvalue weighted by Crippen LogP contribution is 2.30. The summed E-state index contributed by atoms with van der Waals surface area (Å²) in [7, 11) is 0. The van der Waals surface area contributed by atoms with E-state index in [9.17, 15) is 9.18 Å². The van der Waals surface area contributed by atoms with Gasteiger partial charge < -0.3 is 9.64 Å². The van der Waals surface area contributed by atoms with Crippen molar-refractivity contribution in [2.45, 2.75) is 6.04 Å². The van der Waals surface area contributed by atoms with Gasteiger partial charge >= 0.3 is 0 Å². The Kier molecular flexibility index (Phi) is 4.33. The molecular formula is C18H16FN3O2S. The third kappa shape index (κ3) is 3.20. The van der Waals surface area contributed by atoms with Crippen LogP contribution < -0.4 is 0 Å². The van der Waals surface area contributed by atoms with Gasteiger partial charge in [-0.05, 0) is 23.8 Å². The summed E-state index contributed by atoms with van der Waals surface area (Å²) in [6, 6.07) is 7.91. The van der Waals surface area contributed by atoms with Gasteiger partial charge in [-0.3, -0.25) is 9.89 Å². The molecule has 0 radical (unpaired) electrons. The molecule has 5 nitrogen and oxygen atoms in total. The fraction of sp³-hybridized carbons (Fsp3) is 0.222. The number of aromatic nitrogens is 2. The van der Waals surface area contributed by atoms with Gasteiger partial charge in [0.15, 0.2) is 0 Å². The second-order valence-electron chi connectivity index (χ2n) is 5.83. The molecule has 0 aliphatic carbocycles. The minimum Gasteiger partial charge on any atom is -0.377 e. The smallest absolute Gasteiger partial charge is 0.255 e. The van der Waals surface area contributed by atoms with E-state index in [1.165, 1.54) is 23.5 Å². The van der Waals surface area contributed by atoms with Crippen LogP contribution in [0.25, 0.3) is 10.4 Å². The summed E-state index contributed by atoms with van der Waals surface area (Å²) in [6.45, 7) is 1.43. The van der Waals surface area contributed by atoms with Crippen LogP contribution in [0.1, 0.15) is 22.0 Å². The largest absolute Gasteiger partial charge is 0.377 e. The molecule has 1 amide bonds. The van der Waals surface area contributed by atoms with Gasteiger partial charge in [-0.1, -0.05) is 12.1 Å². The lowest BCUT2D eigenvalue weighted by Gasteiger charge is -2.35. The average molecular weight is 357 g/mol. The number of hydrogen-bond donors (Lipinski definition) is 1. The molecule has 0 saturated carbocycles. The monoisotopic (exact) mass is 357 g/mol. The van der Waals surface area contributed by atoms with Crippen molar-refractivity contribution in [1.29, 1.82) is 0 Å². The van der Waals surface area contributed by atoms with E-state index in [1.807, 2.05) is 11.4 Å². The number of nitrogens with one attached hydrogen (secondary N) is 1. The number of carbonyl (C=O) groups is 1. The number of morpholine rings is 1. The van der Waals surface area contributed by atoms with Crippen LogP contribution in [-0.2, 0) is 4.74 Å². The van der Waals surface area contributed by atoms with Crippen molar-refractivity contribution in [3.8, 4) is 10.4 Å². The van der Waals surface area contributed by atoms with Gasteiger partial charge in [-0.2, -0.15) is 5.10 Å². The minimum absolute atomic E-state index is 0.0383. The zero-order chi connectivity index (χ0) is 17.2. The molecular weight excluding hydrogens is 341 g/mol. The van der Waals surface area contributed by atoms with E-state index in [0.717, 1.165) is 16.0 Å². The number of carbonyl (C=O) groups excluding carboxylic acids is 1. The second kappa shape index (κ2) is 6.78. The number of H-pyrrole nitrogens is 1. The highest BCUT2D eigenvalue weighted by molar-refractivity contribution is 7.13. The van der Waals surface area contributed by atoms with E-state index < -0.39 is 0 Å². The maximum absolute atomic E-state index is 13.2. The zero-order valence-electron chi connectivity index (χ0n) is 13.3. The highest BCUT2D eigenvalue weighted by atomic mass is 32.1. The van der Waals surface area contributed by atoms with Crippen LogP contribution in [0.15, 0.2) is 48.1 Å². The summed E-state index contributed by atoms with van der Waals surface area (Å²) >= 11 is 1.51. The minimum atomic E-state index is -0.291. The third-order valence-electron chi connectivity index (χ3n) is 4.27. The van der Waals surface area contributed by atoms with Crippen molar-refractivity contribution >= 4 is 17.2 Å². The zero-order valence-corrected chi connectivity index (χ0v) is 14.1. The number of nitrogens with zero attached hydrogens (tertiary/aromatic N) is 2. The average Bonchev–Trinajstić information content (AvgIpc) is 3.33. The molecule has 4 rings (SSSR count). The van der Waals surface area contributed by atoms with E-state index in [1.54, 1.807) is 29.4 Å². The molecule has 7 heteroatoms. The predicted octanol–water partition coefficient (Wildman–Crippen LogP) is 3.49. The summed E-state index contributed by atoms with van der Waals surface area (Å²) in [4.78, 5) is 15.8. The normalized spacial score (nSPS) is 17.6. The van der Waals surface area contributed by atoms with Crippen molar-refractivity contribution in [3.05, 3.63) is 65.0 Å². The first-order valence-corrected chi connectivity index (χ1v) is 8.82. The van der Waals surface area contributed by atoms with E-state index in [4.69, 9.17) is 4.74 Å². The van der Waals surface area contributed by atoms with Crippen molar-refractivity contribution < 1.29 is 13.9 Å². The van der Waals surface area contributed by atoms with Crippen LogP contribution in [0.3, 0.4) is 0 Å². The number of halogens is 1. The molecule has 1 unspecified atom stereocenters. The van der Waals surface area contributed by atoms with Gasteiger partial charge in [0.1, 0.15) is 5.82 Å². The Labute approximate surface area is 148 Å². The number of aromatic amines is 1. The van der Waals surface area contributed by atoms with Crippen LogP contribution in [0.2, 0.25) is 0 Å². The molecule has 3 heterocycles. The summed E-state index contributed by atoms with van der Waals surface area (Å²) < 4.78 is 18.7. The fourth-order valence-electron chi connectivity index (χ4n) is 2.96. The van der Waals surface area contributed by atoms with Crippen molar-refractivity contribution in [2.24, 2.45) is 0 Å². The van der Waals surface area contributed by atoms with Crippen LogP contribution in [0.5, 0.6) is 0 Å². The number of benzene rings is 1. The summed E-state index contributed by atoms with van der Waals surface area (Å²) in [5, 5.41) is 8.58. The SMILES string of the molecule is O=C(c1csc(-c2cn[nH]c2)c1)N1CCOCC1c1ccc(F)cc1. The first-order valence-electron chi connectivity index (χ1n) is 7.94.